The Morgan fingerprint density at radius 2 is 1.68 bits per heavy atom. The van der Waals surface area contributed by atoms with E-state index in [1.807, 2.05) is 0 Å². The van der Waals surface area contributed by atoms with Gasteiger partial charge in [-0.15, -0.1) is 13.2 Å². The summed E-state index contributed by atoms with van der Waals surface area (Å²) < 4.78 is 59.0. The summed E-state index contributed by atoms with van der Waals surface area (Å²) in [6.45, 7) is 0. The Balaban J connectivity index is 2.25. The van der Waals surface area contributed by atoms with Gasteiger partial charge in [0.15, 0.2) is 11.6 Å². The molecular weight excluding hydrogens is 302 g/mol. The van der Waals surface area contributed by atoms with Crippen LogP contribution in [0.15, 0.2) is 42.5 Å². The minimum absolute atomic E-state index is 0.0463. The molecule has 0 spiro atoms. The van der Waals surface area contributed by atoms with Crippen LogP contribution in [0.2, 0.25) is 0 Å². The van der Waals surface area contributed by atoms with Crippen LogP contribution in [0.3, 0.4) is 0 Å². The molecule has 0 aromatic heterocycles. The van der Waals surface area contributed by atoms with Gasteiger partial charge in [-0.3, -0.25) is 0 Å². The molecule has 0 radical (unpaired) electrons. The minimum atomic E-state index is -4.76. The van der Waals surface area contributed by atoms with Crippen molar-refractivity contribution < 1.29 is 27.0 Å². The third-order valence-electron chi connectivity index (χ3n) is 3.02. The highest BCUT2D eigenvalue weighted by atomic mass is 19.4. The van der Waals surface area contributed by atoms with E-state index in [1.54, 1.807) is 6.07 Å². The molecular formula is C15H13F4NO2. The molecule has 0 heterocycles. The molecule has 7 heteroatoms. The Labute approximate surface area is 124 Å². The van der Waals surface area contributed by atoms with Crippen molar-refractivity contribution in [2.75, 3.05) is 7.11 Å². The maximum atomic E-state index is 14.1. The lowest BCUT2D eigenvalue weighted by atomic mass is 9.99. The number of alkyl halides is 3. The van der Waals surface area contributed by atoms with Gasteiger partial charge in [-0.2, -0.15) is 0 Å². The first kappa shape index (κ1) is 16.1. The second-order valence-electron chi connectivity index (χ2n) is 4.46. The topological polar surface area (TPSA) is 44.5 Å². The summed E-state index contributed by atoms with van der Waals surface area (Å²) in [7, 11) is 1.33. The average Bonchev–Trinajstić information content (AvgIpc) is 2.46. The Hall–Kier alpha value is -2.28. The van der Waals surface area contributed by atoms with E-state index in [4.69, 9.17) is 10.5 Å². The SMILES string of the molecule is COc1cccc([C@H](N)c2ccc(OC(F)(F)F)cc2)c1F. The van der Waals surface area contributed by atoms with E-state index in [-0.39, 0.29) is 17.1 Å². The van der Waals surface area contributed by atoms with Gasteiger partial charge in [0.25, 0.3) is 0 Å². The molecule has 22 heavy (non-hydrogen) atoms. The summed E-state index contributed by atoms with van der Waals surface area (Å²) in [6.07, 6.45) is -4.76. The maximum absolute atomic E-state index is 14.1. The molecule has 0 aliphatic rings. The van der Waals surface area contributed by atoms with E-state index < -0.39 is 18.2 Å². The summed E-state index contributed by atoms with van der Waals surface area (Å²) in [5.74, 6) is -0.923. The molecule has 0 unspecified atom stereocenters. The van der Waals surface area contributed by atoms with E-state index in [2.05, 4.69) is 4.74 Å². The highest BCUT2D eigenvalue weighted by Crippen LogP contribution is 2.29. The number of benzene rings is 2. The molecule has 0 bridgehead atoms. The third-order valence-corrected chi connectivity index (χ3v) is 3.02. The van der Waals surface area contributed by atoms with E-state index in [1.165, 1.54) is 31.4 Å². The van der Waals surface area contributed by atoms with Crippen LogP contribution in [0.4, 0.5) is 17.6 Å². The van der Waals surface area contributed by atoms with Crippen LogP contribution in [0, 0.1) is 5.82 Å². The monoisotopic (exact) mass is 315 g/mol. The molecule has 2 rings (SSSR count). The van der Waals surface area contributed by atoms with Crippen molar-refractivity contribution in [1.29, 1.82) is 0 Å². The molecule has 1 atom stereocenters. The number of halogens is 4. The lowest BCUT2D eigenvalue weighted by molar-refractivity contribution is -0.274. The lowest BCUT2D eigenvalue weighted by Crippen LogP contribution is -2.17. The number of rotatable bonds is 4. The van der Waals surface area contributed by atoms with Gasteiger partial charge in [-0.25, -0.2) is 4.39 Å². The normalized spacial score (nSPS) is 12.8. The summed E-state index contributed by atoms with van der Waals surface area (Å²) in [5, 5.41) is 0. The van der Waals surface area contributed by atoms with Crippen molar-refractivity contribution in [3.05, 3.63) is 59.4 Å². The molecule has 3 nitrogen and oxygen atoms in total. The van der Waals surface area contributed by atoms with Crippen LogP contribution in [0.1, 0.15) is 17.2 Å². The Morgan fingerprint density at radius 1 is 1.05 bits per heavy atom. The summed E-state index contributed by atoms with van der Waals surface area (Å²) in [6, 6.07) is 8.64. The van der Waals surface area contributed by atoms with Gasteiger partial charge >= 0.3 is 6.36 Å². The van der Waals surface area contributed by atoms with Crippen molar-refractivity contribution in [1.82, 2.24) is 0 Å². The number of nitrogens with two attached hydrogens (primary N) is 1. The fourth-order valence-corrected chi connectivity index (χ4v) is 1.98. The quantitative estimate of drug-likeness (QED) is 0.873. The summed E-state index contributed by atoms with van der Waals surface area (Å²) in [5.41, 5.74) is 6.59. The number of methoxy groups -OCH3 is 1. The third kappa shape index (κ3) is 3.67. The van der Waals surface area contributed by atoms with Gasteiger partial charge < -0.3 is 15.2 Å². The van der Waals surface area contributed by atoms with Crippen molar-refractivity contribution in [2.24, 2.45) is 5.73 Å². The number of hydrogen-bond acceptors (Lipinski definition) is 3. The van der Waals surface area contributed by atoms with E-state index >= 15 is 0 Å². The second kappa shape index (κ2) is 6.23. The zero-order valence-electron chi connectivity index (χ0n) is 11.5. The maximum Gasteiger partial charge on any atom is 0.573 e. The highest BCUT2D eigenvalue weighted by molar-refractivity contribution is 5.39. The standard InChI is InChI=1S/C15H13F4NO2/c1-21-12-4-2-3-11(13(12)16)14(20)9-5-7-10(8-6-9)22-15(17,18)19/h2-8,14H,20H2,1H3/t14-/m1/s1. The molecule has 2 N–H and O–H groups in total. The molecule has 0 amide bonds. The minimum Gasteiger partial charge on any atom is -0.494 e. The van der Waals surface area contributed by atoms with E-state index in [9.17, 15) is 17.6 Å². The van der Waals surface area contributed by atoms with Crippen LogP contribution in [-0.2, 0) is 0 Å². The van der Waals surface area contributed by atoms with Crippen LogP contribution < -0.4 is 15.2 Å². The predicted molar refractivity (Wildman–Crippen MR) is 72.1 cm³/mol. The Kier molecular flexibility index (Phi) is 4.56. The molecule has 0 fully saturated rings. The molecule has 0 saturated carbocycles. The van der Waals surface area contributed by atoms with Crippen molar-refractivity contribution >= 4 is 0 Å². The molecule has 0 aliphatic heterocycles. The largest absolute Gasteiger partial charge is 0.573 e. The van der Waals surface area contributed by atoms with Gasteiger partial charge in [0, 0.05) is 5.56 Å². The molecule has 118 valence electrons. The van der Waals surface area contributed by atoms with E-state index in [0.717, 1.165) is 12.1 Å². The number of ether oxygens (including phenoxy) is 2. The van der Waals surface area contributed by atoms with Crippen LogP contribution in [0.5, 0.6) is 11.5 Å². The van der Waals surface area contributed by atoms with Gasteiger partial charge in [0.1, 0.15) is 5.75 Å². The zero-order chi connectivity index (χ0) is 16.3. The van der Waals surface area contributed by atoms with E-state index in [0.29, 0.717) is 5.56 Å². The first-order valence-electron chi connectivity index (χ1n) is 6.25. The van der Waals surface area contributed by atoms with Crippen LogP contribution >= 0.6 is 0 Å². The highest BCUT2D eigenvalue weighted by Gasteiger charge is 2.31. The number of hydrogen-bond donors (Lipinski definition) is 1. The zero-order valence-corrected chi connectivity index (χ0v) is 11.5. The lowest BCUT2D eigenvalue weighted by Gasteiger charge is -2.16. The summed E-state index contributed by atoms with van der Waals surface area (Å²) in [4.78, 5) is 0. The molecule has 2 aromatic carbocycles. The van der Waals surface area contributed by atoms with Gasteiger partial charge in [0.2, 0.25) is 0 Å². The van der Waals surface area contributed by atoms with Gasteiger partial charge in [0.05, 0.1) is 13.2 Å². The first-order chi connectivity index (χ1) is 10.3. The molecule has 0 aliphatic carbocycles. The fraction of sp³-hybridized carbons (Fsp3) is 0.200. The average molecular weight is 315 g/mol. The fourth-order valence-electron chi connectivity index (χ4n) is 1.98. The van der Waals surface area contributed by atoms with Gasteiger partial charge in [-0.05, 0) is 23.8 Å². The molecule has 2 aromatic rings. The molecule has 0 saturated heterocycles. The first-order valence-corrected chi connectivity index (χ1v) is 6.25. The smallest absolute Gasteiger partial charge is 0.494 e. The van der Waals surface area contributed by atoms with Crippen LogP contribution in [0.25, 0.3) is 0 Å². The second-order valence-corrected chi connectivity index (χ2v) is 4.46. The van der Waals surface area contributed by atoms with Gasteiger partial charge in [-0.1, -0.05) is 24.3 Å². The van der Waals surface area contributed by atoms with Crippen LogP contribution in [-0.4, -0.2) is 13.5 Å². The van der Waals surface area contributed by atoms with Crippen molar-refractivity contribution in [3.8, 4) is 11.5 Å². The van der Waals surface area contributed by atoms with Crippen molar-refractivity contribution in [2.45, 2.75) is 12.4 Å². The van der Waals surface area contributed by atoms with Crippen molar-refractivity contribution in [3.63, 3.8) is 0 Å². The summed E-state index contributed by atoms with van der Waals surface area (Å²) >= 11 is 0. The Bertz CT molecular complexity index is 641. The Morgan fingerprint density at radius 3 is 2.23 bits per heavy atom. The predicted octanol–water partition coefficient (Wildman–Crippen LogP) is 3.78.